The Morgan fingerprint density at radius 3 is 2.47 bits per heavy atom. The maximum Gasteiger partial charge on any atom is 0.416 e. The minimum Gasteiger partial charge on any atom is -0.489 e. The Balaban J connectivity index is 1.62. The van der Waals surface area contributed by atoms with Gasteiger partial charge in [-0.15, -0.1) is 0 Å². The van der Waals surface area contributed by atoms with Crippen molar-refractivity contribution in [3.8, 4) is 5.75 Å². The van der Waals surface area contributed by atoms with Crippen LogP contribution in [0.1, 0.15) is 29.0 Å². The molecule has 0 amide bonds. The molecule has 3 N–H and O–H groups in total. The zero-order valence-electron chi connectivity index (χ0n) is 16.3. The van der Waals surface area contributed by atoms with Gasteiger partial charge < -0.3 is 14.9 Å². The predicted molar refractivity (Wildman–Crippen MR) is 106 cm³/mol. The van der Waals surface area contributed by atoms with Crippen molar-refractivity contribution in [3.63, 3.8) is 0 Å². The third-order valence-corrected chi connectivity index (χ3v) is 7.04. The highest BCUT2D eigenvalue weighted by Gasteiger charge is 2.51. The molecular formula is C21H18F3NO6S. The molecule has 2 aromatic rings. The number of alkyl halides is 3. The molecule has 1 aliphatic heterocycles. The summed E-state index contributed by atoms with van der Waals surface area (Å²) in [6.45, 7) is 0. The molecule has 170 valence electrons. The molecule has 32 heavy (non-hydrogen) atoms. The summed E-state index contributed by atoms with van der Waals surface area (Å²) in [6.07, 6.45) is -3.78. The van der Waals surface area contributed by atoms with E-state index in [2.05, 4.69) is 4.72 Å². The van der Waals surface area contributed by atoms with E-state index in [1.807, 2.05) is 0 Å². The van der Waals surface area contributed by atoms with Gasteiger partial charge in [-0.1, -0.05) is 18.2 Å². The number of carboxylic acid groups (broad SMARTS) is 1. The highest BCUT2D eigenvalue weighted by Crippen LogP contribution is 2.49. The summed E-state index contributed by atoms with van der Waals surface area (Å²) in [5.41, 5.74) is 0.134. The Morgan fingerprint density at radius 2 is 1.84 bits per heavy atom. The molecule has 4 unspecified atom stereocenters. The number of carboxylic acids is 1. The molecule has 4 atom stereocenters. The number of aliphatic hydroxyl groups is 1. The lowest BCUT2D eigenvalue weighted by atomic mass is 9.93. The van der Waals surface area contributed by atoms with E-state index >= 15 is 0 Å². The number of hydrogen-bond acceptors (Lipinski definition) is 5. The number of hydrogen-bond donors (Lipinski definition) is 3. The maximum atomic E-state index is 12.8. The third-order valence-electron chi connectivity index (χ3n) is 5.57. The van der Waals surface area contributed by atoms with E-state index in [9.17, 15) is 31.5 Å². The first kappa shape index (κ1) is 22.3. The van der Waals surface area contributed by atoms with Crippen LogP contribution in [0.25, 0.3) is 6.08 Å². The van der Waals surface area contributed by atoms with Crippen molar-refractivity contribution in [2.45, 2.75) is 41.7 Å². The Kier molecular flexibility index (Phi) is 5.51. The molecule has 0 aromatic heterocycles. The van der Waals surface area contributed by atoms with Gasteiger partial charge in [0.05, 0.1) is 22.6 Å². The van der Waals surface area contributed by atoms with Gasteiger partial charge in [0.25, 0.3) is 0 Å². The molecule has 1 aliphatic carbocycles. The molecule has 0 radical (unpaired) electrons. The molecule has 1 heterocycles. The average molecular weight is 469 g/mol. The first-order valence-electron chi connectivity index (χ1n) is 9.55. The van der Waals surface area contributed by atoms with Crippen LogP contribution in [0.4, 0.5) is 13.2 Å². The summed E-state index contributed by atoms with van der Waals surface area (Å²) >= 11 is 0. The third kappa shape index (κ3) is 4.10. The van der Waals surface area contributed by atoms with Crippen molar-refractivity contribution in [3.05, 3.63) is 65.2 Å². The lowest BCUT2D eigenvalue weighted by Crippen LogP contribution is -2.43. The molecule has 1 fully saturated rings. The van der Waals surface area contributed by atoms with Crippen LogP contribution in [-0.2, 0) is 21.0 Å². The molecule has 11 heteroatoms. The van der Waals surface area contributed by atoms with Gasteiger partial charge in [-0.2, -0.15) is 13.2 Å². The van der Waals surface area contributed by atoms with Crippen molar-refractivity contribution >= 4 is 22.1 Å². The molecule has 7 nitrogen and oxygen atoms in total. The Morgan fingerprint density at radius 1 is 1.16 bits per heavy atom. The summed E-state index contributed by atoms with van der Waals surface area (Å²) in [5.74, 6) is -1.29. The summed E-state index contributed by atoms with van der Waals surface area (Å²) in [5, 5.41) is 19.3. The fraction of sp³-hybridized carbons (Fsp3) is 0.286. The fourth-order valence-corrected chi connectivity index (χ4v) is 5.45. The van der Waals surface area contributed by atoms with Crippen LogP contribution >= 0.6 is 0 Å². The number of fused-ring (bicyclic) bond motifs is 3. The van der Waals surface area contributed by atoms with Crippen LogP contribution < -0.4 is 9.46 Å². The second kappa shape index (κ2) is 7.91. The smallest absolute Gasteiger partial charge is 0.416 e. The van der Waals surface area contributed by atoms with Crippen LogP contribution in [0, 0.1) is 0 Å². The van der Waals surface area contributed by atoms with E-state index in [4.69, 9.17) is 9.84 Å². The lowest BCUT2D eigenvalue weighted by Gasteiger charge is -2.22. The number of para-hydroxylation sites is 1. The largest absolute Gasteiger partial charge is 0.489 e. The molecule has 1 saturated carbocycles. The second-order valence-electron chi connectivity index (χ2n) is 7.59. The van der Waals surface area contributed by atoms with E-state index in [0.717, 1.165) is 18.2 Å². The number of aliphatic carboxylic acids is 1. The van der Waals surface area contributed by atoms with Crippen molar-refractivity contribution < 1.29 is 41.3 Å². The Labute approximate surface area is 181 Å². The van der Waals surface area contributed by atoms with Crippen LogP contribution in [0.5, 0.6) is 5.75 Å². The van der Waals surface area contributed by atoms with E-state index in [1.165, 1.54) is 6.08 Å². The van der Waals surface area contributed by atoms with Gasteiger partial charge in [0.2, 0.25) is 10.0 Å². The molecular weight excluding hydrogens is 451 g/mol. The monoisotopic (exact) mass is 469 g/mol. The fourth-order valence-electron chi connectivity index (χ4n) is 4.15. The normalized spacial score (nSPS) is 24.9. The number of nitrogens with one attached hydrogen (secondary N) is 1. The minimum absolute atomic E-state index is 0.127. The number of halogens is 3. The van der Waals surface area contributed by atoms with Crippen LogP contribution in [0.3, 0.4) is 0 Å². The van der Waals surface area contributed by atoms with Gasteiger partial charge in [-0.25, -0.2) is 17.9 Å². The standard InChI is InChI=1S/C21H18F3NO6S/c22-21(23,24)12-5-7-13(8-6-12)32(29,30)25-19-15(26)10-16-18(19)14-3-1-2-11(20(14)31-16)4-9-17(27)28/h1-9,15-16,18-19,25-26H,10H2,(H,27,28)/b9-4+. The highest BCUT2D eigenvalue weighted by atomic mass is 32.2. The number of carbonyl (C=O) groups is 1. The lowest BCUT2D eigenvalue weighted by molar-refractivity contribution is -0.137. The van der Waals surface area contributed by atoms with Crippen molar-refractivity contribution in [1.82, 2.24) is 4.72 Å². The summed E-state index contributed by atoms with van der Waals surface area (Å²) in [7, 11) is -4.24. The summed E-state index contributed by atoms with van der Waals surface area (Å²) in [6, 6.07) is 7.11. The van der Waals surface area contributed by atoms with Crippen molar-refractivity contribution in [1.29, 1.82) is 0 Å². The van der Waals surface area contributed by atoms with Gasteiger partial charge in [-0.3, -0.25) is 0 Å². The zero-order chi connectivity index (χ0) is 23.3. The molecule has 0 bridgehead atoms. The minimum atomic E-state index is -4.59. The second-order valence-corrected chi connectivity index (χ2v) is 9.31. The van der Waals surface area contributed by atoms with Gasteiger partial charge in [0, 0.05) is 29.5 Å². The van der Waals surface area contributed by atoms with E-state index in [0.29, 0.717) is 29.0 Å². The van der Waals surface area contributed by atoms with Gasteiger partial charge in [0.15, 0.2) is 0 Å². The van der Waals surface area contributed by atoms with Gasteiger partial charge >= 0.3 is 12.1 Å². The zero-order valence-corrected chi connectivity index (χ0v) is 17.1. The van der Waals surface area contributed by atoms with Crippen LogP contribution in [0.2, 0.25) is 0 Å². The molecule has 0 saturated heterocycles. The first-order chi connectivity index (χ1) is 15.0. The number of rotatable bonds is 5. The molecule has 2 aromatic carbocycles. The molecule has 0 spiro atoms. The summed E-state index contributed by atoms with van der Waals surface area (Å²) in [4.78, 5) is 10.5. The molecule has 2 aliphatic rings. The predicted octanol–water partition coefficient (Wildman–Crippen LogP) is 2.76. The highest BCUT2D eigenvalue weighted by molar-refractivity contribution is 7.89. The summed E-state index contributed by atoms with van der Waals surface area (Å²) < 4.78 is 72.2. The van der Waals surface area contributed by atoms with E-state index in [1.54, 1.807) is 18.2 Å². The van der Waals surface area contributed by atoms with E-state index in [-0.39, 0.29) is 11.3 Å². The number of sulfonamides is 1. The molecule has 4 rings (SSSR count). The SMILES string of the molecule is O=C(O)/C=C/c1cccc2c1OC1CC(O)C(NS(=O)(=O)c3ccc(C(F)(F)F)cc3)C21. The Hall–Kier alpha value is -2.89. The number of aliphatic hydroxyl groups excluding tert-OH is 1. The van der Waals surface area contributed by atoms with Crippen LogP contribution in [-0.4, -0.2) is 42.8 Å². The van der Waals surface area contributed by atoms with Gasteiger partial charge in [0.1, 0.15) is 11.9 Å². The van der Waals surface area contributed by atoms with Crippen molar-refractivity contribution in [2.24, 2.45) is 0 Å². The van der Waals surface area contributed by atoms with E-state index < -0.39 is 51.9 Å². The van der Waals surface area contributed by atoms with Gasteiger partial charge in [-0.05, 0) is 30.3 Å². The number of ether oxygens (including phenoxy) is 1. The maximum absolute atomic E-state index is 12.8. The topological polar surface area (TPSA) is 113 Å². The van der Waals surface area contributed by atoms with Crippen LogP contribution in [0.15, 0.2) is 53.4 Å². The van der Waals surface area contributed by atoms with Crippen molar-refractivity contribution in [2.75, 3.05) is 0 Å². The number of benzene rings is 2. The Bertz CT molecular complexity index is 1180. The first-order valence-corrected chi connectivity index (χ1v) is 11.0. The average Bonchev–Trinajstić information content (AvgIpc) is 3.21. The quantitative estimate of drug-likeness (QED) is 0.581.